The van der Waals surface area contributed by atoms with Crippen LogP contribution in [0.25, 0.3) is 0 Å². The second-order valence-electron chi connectivity index (χ2n) is 5.33. The molecule has 4 nitrogen and oxygen atoms in total. The summed E-state index contributed by atoms with van der Waals surface area (Å²) in [6, 6.07) is 1.95. The number of carbonyl (C=O) groups excluding carboxylic acids is 1. The van der Waals surface area contributed by atoms with Crippen LogP contribution in [0, 0.1) is 11.8 Å². The van der Waals surface area contributed by atoms with E-state index in [1.165, 1.54) is 0 Å². The van der Waals surface area contributed by atoms with Crippen LogP contribution in [0.1, 0.15) is 35.3 Å². The number of pyridine rings is 1. The van der Waals surface area contributed by atoms with Crippen molar-refractivity contribution < 1.29 is 18.0 Å². The van der Waals surface area contributed by atoms with Crippen LogP contribution in [-0.2, 0) is 6.18 Å². The average Bonchev–Trinajstić information content (AvgIpc) is 2.91. The smallest absolute Gasteiger partial charge is 0.350 e. The number of amides is 1. The third kappa shape index (κ3) is 3.93. The van der Waals surface area contributed by atoms with Crippen LogP contribution in [0.4, 0.5) is 13.2 Å². The first-order valence-corrected chi connectivity index (χ1v) is 6.93. The van der Waals surface area contributed by atoms with Gasteiger partial charge in [0.05, 0.1) is 5.56 Å². The Balaban J connectivity index is 1.91. The van der Waals surface area contributed by atoms with Gasteiger partial charge in [-0.2, -0.15) is 13.2 Å². The Labute approximate surface area is 120 Å². The summed E-state index contributed by atoms with van der Waals surface area (Å²) in [5, 5.41) is 2.73. The zero-order valence-corrected chi connectivity index (χ0v) is 11.5. The Hall–Kier alpha value is -1.63. The summed E-state index contributed by atoms with van der Waals surface area (Å²) in [6.07, 6.45) is -0.591. The van der Waals surface area contributed by atoms with Crippen LogP contribution >= 0.6 is 0 Å². The van der Waals surface area contributed by atoms with Crippen LogP contribution in [0.3, 0.4) is 0 Å². The van der Waals surface area contributed by atoms with Crippen molar-refractivity contribution in [3.8, 4) is 0 Å². The van der Waals surface area contributed by atoms with Crippen LogP contribution in [-0.4, -0.2) is 24.0 Å². The summed E-state index contributed by atoms with van der Waals surface area (Å²) in [6.45, 7) is 1.09. The number of hydrogen-bond donors (Lipinski definition) is 2. The lowest BCUT2D eigenvalue weighted by Gasteiger charge is -2.18. The van der Waals surface area contributed by atoms with E-state index in [-0.39, 0.29) is 5.69 Å². The number of halogens is 3. The molecule has 0 aliphatic heterocycles. The molecule has 1 aliphatic carbocycles. The minimum atomic E-state index is -4.44. The summed E-state index contributed by atoms with van der Waals surface area (Å²) >= 11 is 0. The molecule has 21 heavy (non-hydrogen) atoms. The second-order valence-corrected chi connectivity index (χ2v) is 5.33. The predicted octanol–water partition coefficient (Wildman–Crippen LogP) is 2.21. The first-order valence-electron chi connectivity index (χ1n) is 6.93. The molecule has 7 heteroatoms. The van der Waals surface area contributed by atoms with Gasteiger partial charge >= 0.3 is 6.18 Å². The summed E-state index contributed by atoms with van der Waals surface area (Å²) in [4.78, 5) is 15.4. The third-order valence-electron chi connectivity index (χ3n) is 3.97. The highest BCUT2D eigenvalue weighted by molar-refractivity contribution is 5.92. The minimum Gasteiger partial charge on any atom is -0.350 e. The maximum Gasteiger partial charge on any atom is 0.417 e. The predicted molar refractivity (Wildman–Crippen MR) is 71.5 cm³/mol. The molecule has 0 aromatic carbocycles. The molecule has 2 rings (SSSR count). The zero-order valence-electron chi connectivity index (χ0n) is 11.5. The third-order valence-corrected chi connectivity index (χ3v) is 3.97. The fourth-order valence-corrected chi connectivity index (χ4v) is 2.70. The maximum absolute atomic E-state index is 12.4. The fraction of sp³-hybridized carbons (Fsp3) is 0.571. The minimum absolute atomic E-state index is 0.00899. The lowest BCUT2D eigenvalue weighted by Crippen LogP contribution is -2.33. The van der Waals surface area contributed by atoms with Crippen molar-refractivity contribution in [3.05, 3.63) is 29.6 Å². The number of hydrogen-bond acceptors (Lipinski definition) is 3. The van der Waals surface area contributed by atoms with Gasteiger partial charge in [-0.1, -0.05) is 6.42 Å². The summed E-state index contributed by atoms with van der Waals surface area (Å²) < 4.78 is 37.2. The Bertz CT molecular complexity index is 487. The molecule has 2 unspecified atom stereocenters. The number of rotatable bonds is 4. The van der Waals surface area contributed by atoms with Crippen LogP contribution in [0.15, 0.2) is 18.3 Å². The molecular weight excluding hydrogens is 283 g/mol. The molecule has 1 aliphatic rings. The van der Waals surface area contributed by atoms with Gasteiger partial charge in [0, 0.05) is 12.7 Å². The molecule has 116 valence electrons. The topological polar surface area (TPSA) is 68.0 Å². The van der Waals surface area contributed by atoms with Gasteiger partial charge in [-0.05, 0) is 43.4 Å². The Morgan fingerprint density at radius 2 is 2.05 bits per heavy atom. The van der Waals surface area contributed by atoms with Crippen LogP contribution < -0.4 is 11.1 Å². The van der Waals surface area contributed by atoms with E-state index in [4.69, 9.17) is 5.73 Å². The largest absolute Gasteiger partial charge is 0.417 e. The molecule has 1 aromatic heterocycles. The van der Waals surface area contributed by atoms with E-state index in [0.29, 0.717) is 31.1 Å². The molecule has 1 amide bonds. The number of nitrogens with zero attached hydrogens (tertiary/aromatic N) is 1. The highest BCUT2D eigenvalue weighted by atomic mass is 19.4. The number of alkyl halides is 3. The zero-order chi connectivity index (χ0) is 15.5. The van der Waals surface area contributed by atoms with E-state index >= 15 is 0 Å². The van der Waals surface area contributed by atoms with Gasteiger partial charge in [-0.3, -0.25) is 9.78 Å². The Morgan fingerprint density at radius 3 is 2.62 bits per heavy atom. The molecule has 3 N–H and O–H groups in total. The highest BCUT2D eigenvalue weighted by Gasteiger charge is 2.31. The van der Waals surface area contributed by atoms with Crippen molar-refractivity contribution in [2.24, 2.45) is 17.6 Å². The van der Waals surface area contributed by atoms with Gasteiger partial charge in [-0.25, -0.2) is 0 Å². The second kappa shape index (κ2) is 6.43. The van der Waals surface area contributed by atoms with Crippen molar-refractivity contribution in [2.45, 2.75) is 25.4 Å². The Kier molecular flexibility index (Phi) is 4.82. The van der Waals surface area contributed by atoms with Crippen molar-refractivity contribution in [2.75, 3.05) is 13.1 Å². The van der Waals surface area contributed by atoms with Crippen molar-refractivity contribution >= 4 is 5.91 Å². The average molecular weight is 301 g/mol. The quantitative estimate of drug-likeness (QED) is 0.896. The first-order chi connectivity index (χ1) is 9.91. The van der Waals surface area contributed by atoms with Crippen LogP contribution in [0.2, 0.25) is 0 Å². The van der Waals surface area contributed by atoms with Gasteiger partial charge in [0.15, 0.2) is 0 Å². The standard InChI is InChI=1S/C14H18F3N3O/c15-14(16,17)11-4-5-12(19-8-11)13(21)20-7-10-3-1-2-9(10)6-18/h4-5,8-10H,1-3,6-7,18H2,(H,20,21). The molecule has 0 saturated heterocycles. The van der Waals surface area contributed by atoms with E-state index in [1.807, 2.05) is 0 Å². The lowest BCUT2D eigenvalue weighted by atomic mass is 9.96. The van der Waals surface area contributed by atoms with Gasteiger partial charge in [0.25, 0.3) is 5.91 Å². The lowest BCUT2D eigenvalue weighted by molar-refractivity contribution is -0.137. The number of nitrogens with one attached hydrogen (secondary N) is 1. The van der Waals surface area contributed by atoms with E-state index in [0.717, 1.165) is 31.4 Å². The van der Waals surface area contributed by atoms with Gasteiger partial charge in [0.1, 0.15) is 5.69 Å². The molecule has 1 saturated carbocycles. The van der Waals surface area contributed by atoms with E-state index in [2.05, 4.69) is 10.3 Å². The van der Waals surface area contributed by atoms with Gasteiger partial charge in [0.2, 0.25) is 0 Å². The van der Waals surface area contributed by atoms with E-state index in [9.17, 15) is 18.0 Å². The molecular formula is C14H18F3N3O. The summed E-state index contributed by atoms with van der Waals surface area (Å²) in [5.41, 5.74) is 4.80. The number of carbonyl (C=O) groups is 1. The molecule has 1 heterocycles. The SMILES string of the molecule is NCC1CCCC1CNC(=O)c1ccc(C(F)(F)F)cn1. The highest BCUT2D eigenvalue weighted by Crippen LogP contribution is 2.30. The van der Waals surface area contributed by atoms with Crippen molar-refractivity contribution in [1.82, 2.24) is 10.3 Å². The molecule has 0 spiro atoms. The summed E-state index contributed by atoms with van der Waals surface area (Å²) in [7, 11) is 0. The number of aromatic nitrogens is 1. The summed E-state index contributed by atoms with van der Waals surface area (Å²) in [5.74, 6) is 0.297. The van der Waals surface area contributed by atoms with Crippen LogP contribution in [0.5, 0.6) is 0 Å². The normalized spacial score (nSPS) is 22.3. The molecule has 1 fully saturated rings. The fourth-order valence-electron chi connectivity index (χ4n) is 2.70. The monoisotopic (exact) mass is 301 g/mol. The Morgan fingerprint density at radius 1 is 1.33 bits per heavy atom. The molecule has 1 aromatic rings. The maximum atomic E-state index is 12.4. The van der Waals surface area contributed by atoms with Gasteiger partial charge in [-0.15, -0.1) is 0 Å². The van der Waals surface area contributed by atoms with Gasteiger partial charge < -0.3 is 11.1 Å². The number of nitrogens with two attached hydrogens (primary N) is 1. The molecule has 0 bridgehead atoms. The molecule has 2 atom stereocenters. The van der Waals surface area contributed by atoms with E-state index in [1.54, 1.807) is 0 Å². The van der Waals surface area contributed by atoms with Crippen molar-refractivity contribution in [1.29, 1.82) is 0 Å². The van der Waals surface area contributed by atoms with E-state index < -0.39 is 17.6 Å². The first kappa shape index (κ1) is 15.8. The van der Waals surface area contributed by atoms with Crippen molar-refractivity contribution in [3.63, 3.8) is 0 Å². The molecule has 0 radical (unpaired) electrons.